The third-order valence-corrected chi connectivity index (χ3v) is 5.37. The van der Waals surface area contributed by atoms with E-state index in [1.807, 2.05) is 6.92 Å². The number of rotatable bonds is 4. The number of likely N-dealkylation sites (tertiary alicyclic amines) is 1. The van der Waals surface area contributed by atoms with E-state index in [1.165, 1.54) is 12.1 Å². The van der Waals surface area contributed by atoms with E-state index in [-0.39, 0.29) is 17.6 Å². The Morgan fingerprint density at radius 1 is 1.24 bits per heavy atom. The number of aryl methyl sites for hydroxylation is 1. The van der Waals surface area contributed by atoms with Crippen molar-refractivity contribution in [3.05, 3.63) is 58.9 Å². The molecule has 2 amide bonds. The van der Waals surface area contributed by atoms with Crippen LogP contribution in [0.25, 0.3) is 10.9 Å². The number of hydrogen-bond donors (Lipinski definition) is 1. The first kappa shape index (κ1) is 19.0. The van der Waals surface area contributed by atoms with Gasteiger partial charge in [-0.15, -0.1) is 0 Å². The van der Waals surface area contributed by atoms with Crippen LogP contribution >= 0.6 is 0 Å². The van der Waals surface area contributed by atoms with Crippen LogP contribution in [0.4, 0.5) is 4.39 Å². The van der Waals surface area contributed by atoms with Crippen molar-refractivity contribution in [3.8, 4) is 0 Å². The number of carbonyl (C=O) groups is 2. The smallest absolute Gasteiger partial charge is 0.292 e. The third-order valence-electron chi connectivity index (χ3n) is 5.37. The van der Waals surface area contributed by atoms with E-state index < -0.39 is 11.7 Å². The average molecular weight is 396 g/mol. The maximum atomic E-state index is 13.5. The Balaban J connectivity index is 1.55. The van der Waals surface area contributed by atoms with Crippen molar-refractivity contribution < 1.29 is 18.5 Å². The first-order chi connectivity index (χ1) is 14.0. The summed E-state index contributed by atoms with van der Waals surface area (Å²) in [6.45, 7) is 2.96. The number of nitrogens with two attached hydrogens (primary N) is 1. The molecule has 0 unspecified atom stereocenters. The Bertz CT molecular complexity index is 1090. The van der Waals surface area contributed by atoms with Gasteiger partial charge >= 0.3 is 0 Å². The second-order valence-corrected chi connectivity index (χ2v) is 7.22. The van der Waals surface area contributed by atoms with Crippen LogP contribution < -0.4 is 5.73 Å². The van der Waals surface area contributed by atoms with Crippen molar-refractivity contribution in [1.29, 1.82) is 0 Å². The van der Waals surface area contributed by atoms with Gasteiger partial charge in [-0.1, -0.05) is 12.1 Å². The molecule has 150 valence electrons. The number of fused-ring (bicyclic) bond motifs is 1. The highest BCUT2D eigenvalue weighted by Crippen LogP contribution is 2.31. The monoisotopic (exact) mass is 396 g/mol. The number of primary amides is 1. The van der Waals surface area contributed by atoms with E-state index in [4.69, 9.17) is 10.3 Å². The molecular weight excluding hydrogens is 375 g/mol. The largest absolute Gasteiger partial charge is 0.366 e. The number of piperidine rings is 1. The summed E-state index contributed by atoms with van der Waals surface area (Å²) in [6, 6.07) is 7.53. The van der Waals surface area contributed by atoms with Gasteiger partial charge in [-0.3, -0.25) is 14.6 Å². The Labute approximate surface area is 166 Å². The maximum Gasteiger partial charge on any atom is 0.292 e. The third kappa shape index (κ3) is 3.70. The van der Waals surface area contributed by atoms with Crippen molar-refractivity contribution in [2.45, 2.75) is 32.1 Å². The number of nitrogens with zero attached hydrogens (tertiary/aromatic N) is 3. The summed E-state index contributed by atoms with van der Waals surface area (Å²) in [4.78, 5) is 30.9. The Kier molecular flexibility index (Phi) is 5.00. The highest BCUT2D eigenvalue weighted by molar-refractivity contribution is 5.98. The number of aromatic nitrogens is 2. The fourth-order valence-corrected chi connectivity index (χ4v) is 3.76. The summed E-state index contributed by atoms with van der Waals surface area (Å²) in [7, 11) is 0. The van der Waals surface area contributed by atoms with Crippen LogP contribution in [0.5, 0.6) is 0 Å². The van der Waals surface area contributed by atoms with Gasteiger partial charge in [0, 0.05) is 30.5 Å². The summed E-state index contributed by atoms with van der Waals surface area (Å²) in [5, 5.41) is 4.40. The first-order valence-electron chi connectivity index (χ1n) is 9.61. The molecule has 0 radical (unpaired) electrons. The first-order valence-corrected chi connectivity index (χ1v) is 9.61. The Hall–Kier alpha value is -3.29. The van der Waals surface area contributed by atoms with E-state index >= 15 is 0 Å². The lowest BCUT2D eigenvalue weighted by Gasteiger charge is -2.31. The molecule has 3 aromatic rings. The summed E-state index contributed by atoms with van der Waals surface area (Å²) in [6.07, 6.45) is 1.98. The van der Waals surface area contributed by atoms with Crippen LogP contribution in [0, 0.1) is 5.82 Å². The zero-order valence-corrected chi connectivity index (χ0v) is 16.0. The molecule has 3 heterocycles. The number of pyridine rings is 1. The molecule has 29 heavy (non-hydrogen) atoms. The van der Waals surface area contributed by atoms with Crippen LogP contribution in [-0.2, 0) is 6.42 Å². The van der Waals surface area contributed by atoms with E-state index in [9.17, 15) is 14.0 Å². The number of amides is 2. The average Bonchev–Trinajstić information content (AvgIpc) is 3.21. The van der Waals surface area contributed by atoms with E-state index in [0.717, 1.165) is 5.69 Å². The molecule has 8 heteroatoms. The number of halogens is 1. The maximum absolute atomic E-state index is 13.5. The standard InChI is InChI=1S/C21H21FN4O3/c1-2-15-11-18(29-25-15)21(28)26-7-5-12(6-8-26)19-16(20(23)27)10-13-9-14(22)3-4-17(13)24-19/h3-4,9-12H,2,5-8H2,1H3,(H2,23,27). The van der Waals surface area contributed by atoms with Crippen LogP contribution in [0.2, 0.25) is 0 Å². The van der Waals surface area contributed by atoms with Gasteiger partial charge in [-0.2, -0.15) is 0 Å². The minimum absolute atomic E-state index is 0.0167. The molecule has 0 saturated carbocycles. The highest BCUT2D eigenvalue weighted by Gasteiger charge is 2.29. The molecule has 0 spiro atoms. The van der Waals surface area contributed by atoms with Crippen LogP contribution in [0.15, 0.2) is 34.9 Å². The second kappa shape index (κ2) is 7.62. The van der Waals surface area contributed by atoms with Crippen LogP contribution in [0.3, 0.4) is 0 Å². The number of benzene rings is 1. The lowest BCUT2D eigenvalue weighted by Crippen LogP contribution is -2.38. The molecule has 4 rings (SSSR count). The molecule has 2 N–H and O–H groups in total. The molecular formula is C21H21FN4O3. The minimum Gasteiger partial charge on any atom is -0.366 e. The predicted molar refractivity (Wildman–Crippen MR) is 104 cm³/mol. The van der Waals surface area contributed by atoms with E-state index in [1.54, 1.807) is 23.1 Å². The molecule has 1 fully saturated rings. The number of hydrogen-bond acceptors (Lipinski definition) is 5. The number of carbonyl (C=O) groups excluding carboxylic acids is 2. The Morgan fingerprint density at radius 3 is 2.66 bits per heavy atom. The van der Waals surface area contributed by atoms with Gasteiger partial charge in [0.1, 0.15) is 5.82 Å². The molecule has 0 atom stereocenters. The molecule has 1 aliphatic rings. The molecule has 2 aromatic heterocycles. The van der Waals surface area contributed by atoms with Crippen LogP contribution in [-0.4, -0.2) is 39.9 Å². The van der Waals surface area contributed by atoms with Crippen molar-refractivity contribution in [1.82, 2.24) is 15.0 Å². The summed E-state index contributed by atoms with van der Waals surface area (Å²) < 4.78 is 18.7. The van der Waals surface area contributed by atoms with E-state index in [2.05, 4.69) is 10.1 Å². The molecule has 7 nitrogen and oxygen atoms in total. The van der Waals surface area contributed by atoms with Gasteiger partial charge in [0.25, 0.3) is 11.8 Å². The normalized spacial score (nSPS) is 15.0. The molecule has 0 aliphatic carbocycles. The fourth-order valence-electron chi connectivity index (χ4n) is 3.76. The highest BCUT2D eigenvalue weighted by atomic mass is 19.1. The van der Waals surface area contributed by atoms with Gasteiger partial charge in [-0.05, 0) is 43.5 Å². The summed E-state index contributed by atoms with van der Waals surface area (Å²) in [5.74, 6) is -0.951. The lowest BCUT2D eigenvalue weighted by molar-refractivity contribution is 0.0669. The van der Waals surface area contributed by atoms with Crippen molar-refractivity contribution in [2.24, 2.45) is 5.73 Å². The van der Waals surface area contributed by atoms with Gasteiger partial charge < -0.3 is 15.2 Å². The minimum atomic E-state index is -0.592. The fraction of sp³-hybridized carbons (Fsp3) is 0.333. The predicted octanol–water partition coefficient (Wildman–Crippen LogP) is 3.04. The molecule has 1 aliphatic heterocycles. The SMILES string of the molecule is CCc1cc(C(=O)N2CCC(c3nc4ccc(F)cc4cc3C(N)=O)CC2)on1. The summed E-state index contributed by atoms with van der Waals surface area (Å²) >= 11 is 0. The quantitative estimate of drug-likeness (QED) is 0.730. The second-order valence-electron chi connectivity index (χ2n) is 7.22. The van der Waals surface area contributed by atoms with Gasteiger partial charge in [-0.25, -0.2) is 4.39 Å². The molecule has 0 bridgehead atoms. The van der Waals surface area contributed by atoms with Crippen LogP contribution in [0.1, 0.15) is 58.0 Å². The lowest BCUT2D eigenvalue weighted by atomic mass is 9.89. The molecule has 1 saturated heterocycles. The van der Waals surface area contributed by atoms with Crippen molar-refractivity contribution in [3.63, 3.8) is 0 Å². The zero-order valence-electron chi connectivity index (χ0n) is 16.0. The van der Waals surface area contributed by atoms with Crippen molar-refractivity contribution >= 4 is 22.7 Å². The topological polar surface area (TPSA) is 102 Å². The zero-order chi connectivity index (χ0) is 20.5. The van der Waals surface area contributed by atoms with Crippen molar-refractivity contribution in [2.75, 3.05) is 13.1 Å². The van der Waals surface area contributed by atoms with Gasteiger partial charge in [0.2, 0.25) is 5.76 Å². The summed E-state index contributed by atoms with van der Waals surface area (Å²) in [5.41, 5.74) is 7.82. The van der Waals surface area contributed by atoms with Gasteiger partial charge in [0.15, 0.2) is 0 Å². The molecule has 1 aromatic carbocycles. The van der Waals surface area contributed by atoms with Gasteiger partial charge in [0.05, 0.1) is 22.5 Å². The Morgan fingerprint density at radius 2 is 2.00 bits per heavy atom. The van der Waals surface area contributed by atoms with E-state index in [0.29, 0.717) is 54.5 Å².